The first-order valence-corrected chi connectivity index (χ1v) is 32.0. The Hall–Kier alpha value is -7.02. The van der Waals surface area contributed by atoms with Gasteiger partial charge in [-0.05, 0) is 80.3 Å². The Kier molecular flexibility index (Phi) is 28.6. The molecule has 2 aromatic rings. The molecule has 0 radical (unpaired) electrons. The molecular weight excluding hydrogens is 1190 g/mol. The first-order chi connectivity index (χ1) is 41.6. The maximum Gasteiger partial charge on any atom is 0.347 e. The highest BCUT2D eigenvalue weighted by Crippen LogP contribution is 2.45. The second-order valence-electron chi connectivity index (χ2n) is 24.9. The third-order valence-corrected chi connectivity index (χ3v) is 16.7. The summed E-state index contributed by atoms with van der Waals surface area (Å²) in [6.07, 6.45) is 0.549. The van der Waals surface area contributed by atoms with Crippen molar-refractivity contribution in [2.45, 2.75) is 176 Å². The van der Waals surface area contributed by atoms with E-state index in [2.05, 4.69) is 27.8 Å². The van der Waals surface area contributed by atoms with Crippen LogP contribution < -0.4 is 26.0 Å². The average Bonchev–Trinajstić information content (AvgIpc) is 1.88. The number of carbonyl (C=O) groups is 10. The molecule has 492 valence electrons. The van der Waals surface area contributed by atoms with Crippen LogP contribution in [0.15, 0.2) is 67.3 Å². The van der Waals surface area contributed by atoms with Gasteiger partial charge in [-0.25, -0.2) is 4.79 Å². The molecule has 23 nitrogen and oxygen atoms in total. The average molecular weight is 1280 g/mol. The normalized spacial score (nSPS) is 21.3. The molecule has 0 unspecified atom stereocenters. The lowest BCUT2D eigenvalue weighted by atomic mass is 9.84. The Morgan fingerprint density at radius 1 is 0.921 bits per heavy atom. The predicted octanol–water partition coefficient (Wildman–Crippen LogP) is 6.26. The number of aryl methyl sites for hydroxylation is 1. The summed E-state index contributed by atoms with van der Waals surface area (Å²) in [6.45, 7) is 20.3. The third-order valence-electron chi connectivity index (χ3n) is 15.7. The molecule has 0 aromatic heterocycles. The number of cyclic esters (lactones) is 2. The Morgan fingerprint density at radius 2 is 1.58 bits per heavy atom. The summed E-state index contributed by atoms with van der Waals surface area (Å²) in [5.74, 6) is -7.50. The van der Waals surface area contributed by atoms with E-state index in [0.29, 0.717) is 22.8 Å². The van der Waals surface area contributed by atoms with Crippen molar-refractivity contribution in [1.29, 1.82) is 0 Å². The van der Waals surface area contributed by atoms with Gasteiger partial charge in [0, 0.05) is 88.9 Å². The molecule has 2 aliphatic heterocycles. The SMILES string of the molecule is C=CCOC(=O)CCN(CCC(=O)C[C@H](C(=O)N[C@@H](C)C(=O)CCc1ccc([C@H]2O[C@@H]2[C@@H](C)[C@@H]2C/C=C/C(=O)N[C@H](Cc3ccc(OC)c(Cl)c3)C(=O)N[C@@H](C)C(C)(C)C(=O)O[C@@H](CC(C)(C)C)C(=O)O2)cc1)C(C)C)C(=O)CCC(=O)NCCS(=O)(=O)O. The highest BCUT2D eigenvalue weighted by atomic mass is 35.5. The van der Waals surface area contributed by atoms with Gasteiger partial charge >= 0.3 is 17.9 Å². The van der Waals surface area contributed by atoms with Crippen molar-refractivity contribution in [2.24, 2.45) is 28.6 Å². The van der Waals surface area contributed by atoms with Crippen LogP contribution in [0.5, 0.6) is 5.75 Å². The maximum atomic E-state index is 14.2. The standard InChI is InChI=1S/C64H90ClN5O18S/c1-13-32-85-56(76)28-31-70(55(75)26-25-53(73)66-29-33-89(81,82)83)30-27-45(71)36-46(38(2)3)59(77)67-40(5)49(72)23-19-42-17-21-44(22-18-42)58-57(88-58)39(4)50-15-14-16-54(74)69-48(35-43-20-24-51(84-12)47(65)34-43)60(78)68-41(6)64(10,11)62(80)87-52(61(79)86-50)37-63(7,8)9/h13-14,16-18,20-22,24,34,38-41,46,48,50,52,57-58H,1,15,19,23,25-33,35-37H2,2-12H3,(H,66,73)(H,67,77)(H,68,78)(H,69,74)(H,81,82,83)/b16-14+/t39-,40-,41-,46-,48+,50-,52-,57+,58+/m0/s1. The smallest absolute Gasteiger partial charge is 0.347 e. The lowest BCUT2D eigenvalue weighted by Gasteiger charge is -2.34. The number of methoxy groups -OCH3 is 1. The quantitative estimate of drug-likeness (QED) is 0.0189. The summed E-state index contributed by atoms with van der Waals surface area (Å²) in [4.78, 5) is 135. The molecule has 1 saturated heterocycles. The van der Waals surface area contributed by atoms with Crippen molar-refractivity contribution >= 4 is 80.7 Å². The van der Waals surface area contributed by atoms with Gasteiger partial charge in [0.1, 0.15) is 36.4 Å². The third kappa shape index (κ3) is 25.1. The van der Waals surface area contributed by atoms with Gasteiger partial charge in [0.2, 0.25) is 29.5 Å². The molecule has 4 rings (SSSR count). The zero-order chi connectivity index (χ0) is 66.6. The number of hydrogen-bond donors (Lipinski definition) is 5. The van der Waals surface area contributed by atoms with Crippen LogP contribution in [0, 0.1) is 28.6 Å². The van der Waals surface area contributed by atoms with Crippen molar-refractivity contribution in [1.82, 2.24) is 26.2 Å². The van der Waals surface area contributed by atoms with Crippen LogP contribution in [0.3, 0.4) is 0 Å². The van der Waals surface area contributed by atoms with Crippen molar-refractivity contribution in [3.8, 4) is 5.75 Å². The number of ketones is 2. The monoisotopic (exact) mass is 1280 g/mol. The second-order valence-corrected chi connectivity index (χ2v) is 26.8. The summed E-state index contributed by atoms with van der Waals surface area (Å²) in [7, 11) is -2.84. The summed E-state index contributed by atoms with van der Waals surface area (Å²) in [6, 6.07) is 9.69. The van der Waals surface area contributed by atoms with E-state index >= 15 is 0 Å². The van der Waals surface area contributed by atoms with Gasteiger partial charge in [-0.3, -0.25) is 47.7 Å². The summed E-state index contributed by atoms with van der Waals surface area (Å²) in [5.41, 5.74) is 0.442. The van der Waals surface area contributed by atoms with Gasteiger partial charge in [0.15, 0.2) is 11.9 Å². The van der Waals surface area contributed by atoms with Crippen LogP contribution in [0.25, 0.3) is 0 Å². The number of amides is 5. The summed E-state index contributed by atoms with van der Waals surface area (Å²) in [5, 5.41) is 11.0. The van der Waals surface area contributed by atoms with Gasteiger partial charge in [-0.1, -0.05) is 102 Å². The molecule has 0 saturated carbocycles. The number of rotatable bonds is 30. The molecule has 0 spiro atoms. The van der Waals surface area contributed by atoms with E-state index in [1.807, 2.05) is 52.0 Å². The summed E-state index contributed by atoms with van der Waals surface area (Å²) >= 11 is 6.41. The van der Waals surface area contributed by atoms with Gasteiger partial charge in [-0.2, -0.15) is 8.42 Å². The number of ether oxygens (including phenoxy) is 5. The zero-order valence-corrected chi connectivity index (χ0v) is 54.6. The molecule has 0 bridgehead atoms. The predicted molar refractivity (Wildman–Crippen MR) is 330 cm³/mol. The van der Waals surface area contributed by atoms with Gasteiger partial charge in [-0.15, -0.1) is 0 Å². The topological polar surface area (TPSA) is 326 Å². The first-order valence-electron chi connectivity index (χ1n) is 30.0. The van der Waals surface area contributed by atoms with E-state index in [0.717, 1.165) is 11.1 Å². The van der Waals surface area contributed by atoms with Crippen LogP contribution >= 0.6 is 11.6 Å². The van der Waals surface area contributed by atoms with Crippen molar-refractivity contribution in [3.05, 3.63) is 89.0 Å². The maximum absolute atomic E-state index is 14.2. The lowest BCUT2D eigenvalue weighted by Crippen LogP contribution is -2.55. The van der Waals surface area contributed by atoms with Crippen LogP contribution in [0.2, 0.25) is 5.02 Å². The van der Waals surface area contributed by atoms with Crippen LogP contribution in [-0.2, 0) is 89.9 Å². The van der Waals surface area contributed by atoms with E-state index in [1.54, 1.807) is 65.8 Å². The van der Waals surface area contributed by atoms with Gasteiger partial charge < -0.3 is 49.9 Å². The molecule has 0 aliphatic carbocycles. The molecular formula is C64H90ClN5O18S. The van der Waals surface area contributed by atoms with E-state index in [1.165, 1.54) is 24.2 Å². The summed E-state index contributed by atoms with van der Waals surface area (Å²) < 4.78 is 59.6. The highest BCUT2D eigenvalue weighted by molar-refractivity contribution is 7.85. The van der Waals surface area contributed by atoms with Crippen LogP contribution in [-0.4, -0.2) is 152 Å². The second kappa shape index (κ2) is 34.3. The number of carbonyl (C=O) groups excluding carboxylic acids is 10. The number of Topliss-reactive ketones (excluding diaryl/α,β-unsaturated/α-hetero) is 2. The minimum Gasteiger partial charge on any atom is -0.495 e. The van der Waals surface area contributed by atoms with Gasteiger partial charge in [0.05, 0.1) is 41.9 Å². The molecule has 2 aromatic carbocycles. The Bertz CT molecular complexity index is 3000. The minimum absolute atomic E-state index is 0.0479. The van der Waals surface area contributed by atoms with E-state index in [4.69, 9.17) is 39.8 Å². The molecule has 2 heterocycles. The van der Waals surface area contributed by atoms with Gasteiger partial charge in [0.25, 0.3) is 10.1 Å². The molecule has 2 aliphatic rings. The number of benzene rings is 2. The molecule has 89 heavy (non-hydrogen) atoms. The zero-order valence-electron chi connectivity index (χ0n) is 53.0. The van der Waals surface area contributed by atoms with Crippen LogP contribution in [0.4, 0.5) is 0 Å². The number of epoxide rings is 1. The Morgan fingerprint density at radius 3 is 2.20 bits per heavy atom. The Balaban J connectivity index is 1.39. The minimum atomic E-state index is -4.32. The molecule has 25 heteroatoms. The van der Waals surface area contributed by atoms with E-state index in [-0.39, 0.29) is 102 Å². The van der Waals surface area contributed by atoms with E-state index in [9.17, 15) is 56.4 Å². The number of nitrogens with one attached hydrogen (secondary N) is 4. The number of halogens is 1. The molecule has 5 N–H and O–H groups in total. The fraction of sp³-hybridized carbons (Fsp3) is 0.594. The van der Waals surface area contributed by atoms with Crippen molar-refractivity contribution in [2.75, 3.05) is 39.1 Å². The van der Waals surface area contributed by atoms with E-state index < -0.39 is 129 Å². The molecule has 9 atom stereocenters. The largest absolute Gasteiger partial charge is 0.495 e. The highest BCUT2D eigenvalue weighted by Gasteiger charge is 2.48. The number of nitrogens with zero attached hydrogens (tertiary/aromatic N) is 1. The van der Waals surface area contributed by atoms with Crippen molar-refractivity contribution in [3.63, 3.8) is 0 Å². The molecule has 5 amide bonds. The Labute approximate surface area is 527 Å². The number of hydrogen-bond acceptors (Lipinski definition) is 17. The van der Waals surface area contributed by atoms with Crippen molar-refractivity contribution < 1.29 is 84.6 Å². The first kappa shape index (κ1) is 74.4. The molecule has 1 fully saturated rings. The number of esters is 3. The lowest BCUT2D eigenvalue weighted by molar-refractivity contribution is -0.181. The fourth-order valence-corrected chi connectivity index (χ4v) is 10.3. The fourth-order valence-electron chi connectivity index (χ4n) is 9.69. The van der Waals surface area contributed by atoms with Crippen LogP contribution in [0.1, 0.15) is 143 Å².